The predicted octanol–water partition coefficient (Wildman–Crippen LogP) is 2.80. The van der Waals surface area contributed by atoms with Crippen molar-refractivity contribution in [2.75, 3.05) is 17.2 Å². The molecule has 1 aromatic heterocycles. The van der Waals surface area contributed by atoms with E-state index in [1.807, 2.05) is 20.8 Å². The zero-order valence-corrected chi connectivity index (χ0v) is 17.4. The second-order valence-electron chi connectivity index (χ2n) is 7.59. The highest BCUT2D eigenvalue weighted by Gasteiger charge is 2.21. The van der Waals surface area contributed by atoms with E-state index in [4.69, 9.17) is 5.73 Å². The number of nitro benzene ring substituents is 1. The number of nitrogens with two attached hydrogens (primary N) is 1. The van der Waals surface area contributed by atoms with Crippen LogP contribution >= 0.6 is 0 Å². The van der Waals surface area contributed by atoms with Gasteiger partial charge in [-0.15, -0.1) is 0 Å². The molecular formula is C20H29N5O4. The van der Waals surface area contributed by atoms with Gasteiger partial charge in [-0.25, -0.2) is 4.79 Å². The molecule has 3 N–H and O–H groups in total. The zero-order chi connectivity index (χ0) is 21.7. The number of nitrogen functional groups attached to an aromatic ring is 1. The van der Waals surface area contributed by atoms with E-state index in [0.717, 1.165) is 18.4 Å². The van der Waals surface area contributed by atoms with Crippen molar-refractivity contribution in [2.45, 2.75) is 53.6 Å². The summed E-state index contributed by atoms with van der Waals surface area (Å²) in [7, 11) is 0. The van der Waals surface area contributed by atoms with Crippen molar-refractivity contribution in [3.63, 3.8) is 0 Å². The molecule has 9 nitrogen and oxygen atoms in total. The van der Waals surface area contributed by atoms with Gasteiger partial charge in [-0.05, 0) is 24.8 Å². The van der Waals surface area contributed by atoms with Crippen molar-refractivity contribution in [3.05, 3.63) is 60.3 Å². The molecule has 0 saturated carbocycles. The van der Waals surface area contributed by atoms with Gasteiger partial charge in [0.25, 0.3) is 11.2 Å². The van der Waals surface area contributed by atoms with Gasteiger partial charge in [0.05, 0.1) is 4.92 Å². The summed E-state index contributed by atoms with van der Waals surface area (Å²) in [5, 5.41) is 11.3. The molecule has 0 bridgehead atoms. The van der Waals surface area contributed by atoms with Crippen LogP contribution in [-0.2, 0) is 13.1 Å². The van der Waals surface area contributed by atoms with Gasteiger partial charge in [-0.3, -0.25) is 24.5 Å². The van der Waals surface area contributed by atoms with E-state index in [1.54, 1.807) is 24.0 Å². The summed E-state index contributed by atoms with van der Waals surface area (Å²) in [6.45, 7) is 8.83. The van der Waals surface area contributed by atoms with Crippen LogP contribution in [0.1, 0.15) is 44.7 Å². The molecule has 2 rings (SSSR count). The molecule has 158 valence electrons. The second-order valence-corrected chi connectivity index (χ2v) is 7.59. The summed E-state index contributed by atoms with van der Waals surface area (Å²) in [6, 6.07) is 4.89. The van der Waals surface area contributed by atoms with Crippen molar-refractivity contribution in [1.82, 2.24) is 9.55 Å². The molecule has 1 aromatic carbocycles. The maximum Gasteiger partial charge on any atom is 0.330 e. The first kappa shape index (κ1) is 22.2. The number of nitrogens with zero attached hydrogens (tertiary/aromatic N) is 3. The summed E-state index contributed by atoms with van der Waals surface area (Å²) in [5.74, 6) is 0.281. The number of rotatable bonds is 9. The summed E-state index contributed by atoms with van der Waals surface area (Å²) < 4.78 is 1.38. The first-order valence-electron chi connectivity index (χ1n) is 9.77. The van der Waals surface area contributed by atoms with Crippen LogP contribution in [0.15, 0.2) is 27.8 Å². The Balaban J connectivity index is 2.57. The van der Waals surface area contributed by atoms with Gasteiger partial charge in [0.15, 0.2) is 0 Å². The van der Waals surface area contributed by atoms with Gasteiger partial charge in [0, 0.05) is 31.3 Å². The minimum absolute atomic E-state index is 0.0320. The Bertz CT molecular complexity index is 993. The summed E-state index contributed by atoms with van der Waals surface area (Å²) in [4.78, 5) is 39.9. The normalized spacial score (nSPS) is 11.1. The van der Waals surface area contributed by atoms with E-state index < -0.39 is 16.2 Å². The third kappa shape index (κ3) is 5.04. The Labute approximate surface area is 169 Å². The second kappa shape index (κ2) is 9.40. The van der Waals surface area contributed by atoms with Crippen LogP contribution < -0.4 is 21.9 Å². The lowest BCUT2D eigenvalue weighted by Crippen LogP contribution is -2.39. The third-order valence-corrected chi connectivity index (χ3v) is 4.83. The van der Waals surface area contributed by atoms with Gasteiger partial charge < -0.3 is 10.6 Å². The van der Waals surface area contributed by atoms with Gasteiger partial charge >= 0.3 is 5.69 Å². The van der Waals surface area contributed by atoms with Crippen LogP contribution in [0.4, 0.5) is 17.2 Å². The maximum absolute atomic E-state index is 12.7. The number of aromatic nitrogens is 2. The molecule has 0 radical (unpaired) electrons. The quantitative estimate of drug-likeness (QED) is 0.489. The van der Waals surface area contributed by atoms with Crippen molar-refractivity contribution in [2.24, 2.45) is 5.92 Å². The fraction of sp³-hybridized carbons (Fsp3) is 0.500. The smallest absolute Gasteiger partial charge is 0.330 e. The number of hydrogen-bond donors (Lipinski definition) is 2. The summed E-state index contributed by atoms with van der Waals surface area (Å²) in [6.07, 6.45) is 1.70. The zero-order valence-electron chi connectivity index (χ0n) is 17.4. The SMILES string of the molecule is CCCCN(Cc1cccc([N+](=O)[O-])c1C)c1c(N)n(CC(C)C)c(=O)[nH]c1=O. The number of benzene rings is 1. The Morgan fingerprint density at radius 1 is 1.31 bits per heavy atom. The molecule has 0 spiro atoms. The Morgan fingerprint density at radius 2 is 2.00 bits per heavy atom. The molecule has 0 amide bonds. The first-order valence-corrected chi connectivity index (χ1v) is 9.77. The first-order chi connectivity index (χ1) is 13.7. The minimum atomic E-state index is -0.549. The van der Waals surface area contributed by atoms with E-state index in [1.165, 1.54) is 10.6 Å². The molecular weight excluding hydrogens is 374 g/mol. The molecule has 29 heavy (non-hydrogen) atoms. The number of aromatic amines is 1. The molecule has 0 fully saturated rings. The summed E-state index contributed by atoms with van der Waals surface area (Å²) in [5.41, 5.74) is 6.72. The standard InChI is InChI=1S/C20H29N5O4/c1-5-6-10-23(12-15-8-7-9-16(14(15)4)25(28)29)17-18(21)24(11-13(2)3)20(27)22-19(17)26/h7-9,13H,5-6,10-12,21H2,1-4H3,(H,22,26,27). The summed E-state index contributed by atoms with van der Waals surface area (Å²) >= 11 is 0. The van der Waals surface area contributed by atoms with E-state index in [0.29, 0.717) is 18.7 Å². The molecule has 0 aliphatic heterocycles. The monoisotopic (exact) mass is 403 g/mol. The average Bonchev–Trinajstić information content (AvgIpc) is 2.63. The van der Waals surface area contributed by atoms with E-state index in [-0.39, 0.29) is 29.7 Å². The van der Waals surface area contributed by atoms with Crippen LogP contribution in [-0.4, -0.2) is 21.0 Å². The van der Waals surface area contributed by atoms with Crippen LogP contribution in [0.5, 0.6) is 0 Å². The largest absolute Gasteiger partial charge is 0.383 e. The van der Waals surface area contributed by atoms with Gasteiger partial charge in [0.2, 0.25) is 0 Å². The van der Waals surface area contributed by atoms with Gasteiger partial charge in [-0.2, -0.15) is 0 Å². The van der Waals surface area contributed by atoms with Crippen molar-refractivity contribution < 1.29 is 4.92 Å². The van der Waals surface area contributed by atoms with Crippen LogP contribution in [0.3, 0.4) is 0 Å². The molecule has 0 aliphatic rings. The molecule has 2 aromatic rings. The van der Waals surface area contributed by atoms with Crippen molar-refractivity contribution in [3.8, 4) is 0 Å². The van der Waals surface area contributed by atoms with E-state index >= 15 is 0 Å². The number of nitro groups is 1. The number of H-pyrrole nitrogens is 1. The van der Waals surface area contributed by atoms with Gasteiger partial charge in [-0.1, -0.05) is 39.3 Å². The highest BCUT2D eigenvalue weighted by molar-refractivity contribution is 5.63. The lowest BCUT2D eigenvalue weighted by Gasteiger charge is -2.27. The fourth-order valence-corrected chi connectivity index (χ4v) is 3.29. The maximum atomic E-state index is 12.7. The predicted molar refractivity (Wildman–Crippen MR) is 114 cm³/mol. The number of nitrogens with one attached hydrogen (secondary N) is 1. The Kier molecular flexibility index (Phi) is 7.19. The third-order valence-electron chi connectivity index (χ3n) is 4.83. The lowest BCUT2D eigenvalue weighted by molar-refractivity contribution is -0.385. The van der Waals surface area contributed by atoms with E-state index in [2.05, 4.69) is 4.98 Å². The van der Waals surface area contributed by atoms with E-state index in [9.17, 15) is 19.7 Å². The average molecular weight is 403 g/mol. The van der Waals surface area contributed by atoms with Crippen LogP contribution in [0, 0.1) is 23.0 Å². The minimum Gasteiger partial charge on any atom is -0.383 e. The topological polar surface area (TPSA) is 127 Å². The molecule has 0 aliphatic carbocycles. The van der Waals surface area contributed by atoms with Gasteiger partial charge in [0.1, 0.15) is 11.5 Å². The van der Waals surface area contributed by atoms with Crippen molar-refractivity contribution in [1.29, 1.82) is 0 Å². The molecule has 0 atom stereocenters. The van der Waals surface area contributed by atoms with Crippen molar-refractivity contribution >= 4 is 17.2 Å². The lowest BCUT2D eigenvalue weighted by atomic mass is 10.1. The van der Waals surface area contributed by atoms with Crippen LogP contribution in [0.2, 0.25) is 0 Å². The highest BCUT2D eigenvalue weighted by Crippen LogP contribution is 2.26. The fourth-order valence-electron chi connectivity index (χ4n) is 3.29. The Morgan fingerprint density at radius 3 is 2.59 bits per heavy atom. The molecule has 0 unspecified atom stereocenters. The van der Waals surface area contributed by atoms with Crippen LogP contribution in [0.25, 0.3) is 0 Å². The highest BCUT2D eigenvalue weighted by atomic mass is 16.6. The molecule has 1 heterocycles. The number of anilines is 2. The Hall–Kier alpha value is -3.10. The molecule has 0 saturated heterocycles. The number of unbranched alkanes of at least 4 members (excludes halogenated alkanes) is 1. The molecule has 9 heteroatoms. The number of hydrogen-bond acceptors (Lipinski definition) is 6.